The van der Waals surface area contributed by atoms with Gasteiger partial charge in [0.1, 0.15) is 10.7 Å². The molecule has 176 valence electrons. The van der Waals surface area contributed by atoms with E-state index in [1.807, 2.05) is 0 Å². The number of primary sulfonamides is 1. The predicted octanol–water partition coefficient (Wildman–Crippen LogP) is 1.02. The Labute approximate surface area is 191 Å². The number of nitrogens with one attached hydrogen (secondary N) is 1. The molecule has 0 saturated carbocycles. The first-order valence-corrected chi connectivity index (χ1v) is 11.0. The summed E-state index contributed by atoms with van der Waals surface area (Å²) in [5.41, 5.74) is 0.0521. The lowest BCUT2D eigenvalue weighted by molar-refractivity contribution is -0.806. The van der Waals surface area contributed by atoms with Crippen LogP contribution in [0.4, 0.5) is 5.69 Å². The second-order valence-electron chi connectivity index (χ2n) is 6.51. The highest BCUT2D eigenvalue weighted by Crippen LogP contribution is 2.29. The number of nitrogens with zero attached hydrogens (tertiary/aromatic N) is 2. The predicted molar refractivity (Wildman–Crippen MR) is 109 cm³/mol. The summed E-state index contributed by atoms with van der Waals surface area (Å²) in [6, 6.07) is 5.45. The van der Waals surface area contributed by atoms with Gasteiger partial charge in [-0.15, -0.1) is 0 Å². The number of esters is 2. The van der Waals surface area contributed by atoms with Crippen molar-refractivity contribution < 1.29 is 41.4 Å². The van der Waals surface area contributed by atoms with Gasteiger partial charge in [-0.3, -0.25) is 4.63 Å². The fourth-order valence-electron chi connectivity index (χ4n) is 2.52. The third-order valence-corrected chi connectivity index (χ3v) is 5.61. The Morgan fingerprint density at radius 3 is 2.70 bits per heavy atom. The van der Waals surface area contributed by atoms with Crippen molar-refractivity contribution in [1.82, 2.24) is 5.16 Å². The maximum atomic E-state index is 12.6. The summed E-state index contributed by atoms with van der Waals surface area (Å²) in [5.74, 6) is -1.48. The highest BCUT2D eigenvalue weighted by molar-refractivity contribution is 7.89. The van der Waals surface area contributed by atoms with Gasteiger partial charge in [0.2, 0.25) is 10.0 Å². The normalized spacial score (nSPS) is 11.2. The first kappa shape index (κ1) is 24.0. The average molecular weight is 501 g/mol. The van der Waals surface area contributed by atoms with E-state index in [1.165, 1.54) is 19.3 Å². The van der Waals surface area contributed by atoms with Gasteiger partial charge in [0, 0.05) is 12.1 Å². The maximum Gasteiger partial charge on any atom is 0.344 e. The number of aromatic nitrogens is 2. The van der Waals surface area contributed by atoms with Crippen molar-refractivity contribution in [1.29, 1.82) is 0 Å². The van der Waals surface area contributed by atoms with E-state index >= 15 is 0 Å². The number of carbonyl (C=O) groups excluding carboxylic acids is 2. The molecule has 0 unspecified atom stereocenters. The van der Waals surface area contributed by atoms with E-state index in [-0.39, 0.29) is 45.7 Å². The van der Waals surface area contributed by atoms with Crippen molar-refractivity contribution in [2.75, 3.05) is 11.9 Å². The number of rotatable bonds is 9. The van der Waals surface area contributed by atoms with Crippen LogP contribution in [0.15, 0.2) is 44.5 Å². The SMILES string of the molecule is Cc1c(COC(=O)COC(=O)c2cc(S(N)(=O)=O)c(Cl)cc2NCc2ccco2)no[n+]1[O-]. The van der Waals surface area contributed by atoms with Crippen LogP contribution in [-0.2, 0) is 37.4 Å². The second-order valence-corrected chi connectivity index (χ2v) is 8.44. The molecule has 0 aliphatic carbocycles. The minimum Gasteiger partial charge on any atom is -0.467 e. The van der Waals surface area contributed by atoms with Crippen molar-refractivity contribution in [3.05, 3.63) is 63.5 Å². The van der Waals surface area contributed by atoms with Crippen LogP contribution in [0.5, 0.6) is 0 Å². The van der Waals surface area contributed by atoms with Gasteiger partial charge in [-0.1, -0.05) is 11.6 Å². The number of sulfonamides is 1. The van der Waals surface area contributed by atoms with Gasteiger partial charge in [-0.05, 0) is 29.2 Å². The van der Waals surface area contributed by atoms with Crippen LogP contribution in [-0.4, -0.2) is 32.1 Å². The number of hydrogen-bond donors (Lipinski definition) is 2. The lowest BCUT2D eigenvalue weighted by Gasteiger charge is -2.13. The van der Waals surface area contributed by atoms with Crippen LogP contribution in [0.3, 0.4) is 0 Å². The van der Waals surface area contributed by atoms with Gasteiger partial charge >= 0.3 is 11.9 Å². The van der Waals surface area contributed by atoms with E-state index in [4.69, 9.17) is 30.6 Å². The average Bonchev–Trinajstić information content (AvgIpc) is 3.38. The quantitative estimate of drug-likeness (QED) is 0.315. The van der Waals surface area contributed by atoms with E-state index in [9.17, 15) is 23.2 Å². The summed E-state index contributed by atoms with van der Waals surface area (Å²) in [7, 11) is -4.26. The molecular formula is C18H17ClN4O9S. The molecule has 0 fully saturated rings. The molecule has 3 rings (SSSR count). The van der Waals surface area contributed by atoms with Crippen LogP contribution in [0.2, 0.25) is 5.02 Å². The first-order valence-electron chi connectivity index (χ1n) is 9.07. The Bertz CT molecular complexity index is 1270. The van der Waals surface area contributed by atoms with Crippen LogP contribution in [0.1, 0.15) is 27.5 Å². The molecule has 2 aromatic heterocycles. The minimum absolute atomic E-state index is 0.0876. The van der Waals surface area contributed by atoms with E-state index in [2.05, 4.69) is 15.1 Å². The van der Waals surface area contributed by atoms with Gasteiger partial charge in [0.15, 0.2) is 18.9 Å². The second kappa shape index (κ2) is 9.89. The van der Waals surface area contributed by atoms with Crippen LogP contribution in [0.25, 0.3) is 0 Å². The molecule has 0 amide bonds. The zero-order chi connectivity index (χ0) is 24.2. The van der Waals surface area contributed by atoms with Gasteiger partial charge in [0.05, 0.1) is 29.1 Å². The lowest BCUT2D eigenvalue weighted by Crippen LogP contribution is -2.26. The number of anilines is 1. The van der Waals surface area contributed by atoms with Crippen molar-refractivity contribution in [3.63, 3.8) is 0 Å². The molecule has 0 bridgehead atoms. The molecule has 0 saturated heterocycles. The number of hydrogen-bond acceptors (Lipinski definition) is 11. The Balaban J connectivity index is 1.72. The monoisotopic (exact) mass is 500 g/mol. The molecule has 0 aliphatic heterocycles. The first-order chi connectivity index (χ1) is 15.6. The Hall–Kier alpha value is -3.62. The molecule has 0 spiro atoms. The molecule has 0 radical (unpaired) electrons. The van der Waals surface area contributed by atoms with Crippen LogP contribution < -0.4 is 15.4 Å². The lowest BCUT2D eigenvalue weighted by atomic mass is 10.1. The van der Waals surface area contributed by atoms with E-state index < -0.39 is 33.5 Å². The number of ether oxygens (including phenoxy) is 2. The van der Waals surface area contributed by atoms with Gasteiger partial charge in [-0.25, -0.2) is 23.1 Å². The van der Waals surface area contributed by atoms with Crippen molar-refractivity contribution in [2.45, 2.75) is 25.0 Å². The molecule has 2 heterocycles. The summed E-state index contributed by atoms with van der Waals surface area (Å²) in [5, 5.41) is 22.4. The molecule has 3 aromatic rings. The van der Waals surface area contributed by atoms with E-state index in [1.54, 1.807) is 12.1 Å². The van der Waals surface area contributed by atoms with Crippen LogP contribution >= 0.6 is 11.6 Å². The van der Waals surface area contributed by atoms with Gasteiger partial charge in [-0.2, -0.15) is 0 Å². The third-order valence-electron chi connectivity index (χ3n) is 4.24. The van der Waals surface area contributed by atoms with E-state index in [0.29, 0.717) is 5.76 Å². The smallest absolute Gasteiger partial charge is 0.344 e. The van der Waals surface area contributed by atoms with Crippen molar-refractivity contribution in [2.24, 2.45) is 5.14 Å². The molecule has 1 aromatic carbocycles. The van der Waals surface area contributed by atoms with Gasteiger partial charge < -0.3 is 24.4 Å². The van der Waals surface area contributed by atoms with E-state index in [0.717, 1.165) is 6.07 Å². The number of nitrogens with two attached hydrogens (primary N) is 1. The molecule has 15 heteroatoms. The van der Waals surface area contributed by atoms with Crippen molar-refractivity contribution >= 4 is 39.3 Å². The molecule has 13 nitrogen and oxygen atoms in total. The fraction of sp³-hybridized carbons (Fsp3) is 0.222. The third kappa shape index (κ3) is 6.00. The Morgan fingerprint density at radius 2 is 2.09 bits per heavy atom. The summed E-state index contributed by atoms with van der Waals surface area (Å²) in [4.78, 5) is 24.2. The van der Waals surface area contributed by atoms with Gasteiger partial charge in [0.25, 0.3) is 5.69 Å². The highest BCUT2D eigenvalue weighted by Gasteiger charge is 2.23. The van der Waals surface area contributed by atoms with Crippen LogP contribution in [0, 0.1) is 12.1 Å². The Kier molecular flexibility index (Phi) is 7.20. The standard InChI is InChI=1S/C18H17ClN4O9S/c1-10-15(22-32-23(10)26)8-30-17(24)9-31-18(25)12-5-16(33(20,27)28)13(19)6-14(12)21-7-11-3-2-4-29-11/h2-6,21H,7-9H2,1H3,(H2,20,27,28). The Morgan fingerprint density at radius 1 is 1.33 bits per heavy atom. The number of furan rings is 1. The zero-order valence-electron chi connectivity index (χ0n) is 16.9. The van der Waals surface area contributed by atoms with Crippen molar-refractivity contribution in [3.8, 4) is 0 Å². The summed E-state index contributed by atoms with van der Waals surface area (Å²) < 4.78 is 42.9. The number of carbonyl (C=O) groups is 2. The maximum absolute atomic E-state index is 12.6. The molecule has 0 aliphatic rings. The summed E-state index contributed by atoms with van der Waals surface area (Å²) >= 11 is 6.01. The topological polar surface area (TPSA) is 191 Å². The minimum atomic E-state index is -4.26. The fourth-order valence-corrected chi connectivity index (χ4v) is 3.62. The number of benzene rings is 1. The molecule has 33 heavy (non-hydrogen) atoms. The largest absolute Gasteiger partial charge is 0.467 e. The summed E-state index contributed by atoms with van der Waals surface area (Å²) in [6.07, 6.45) is 1.45. The molecule has 0 atom stereocenters. The summed E-state index contributed by atoms with van der Waals surface area (Å²) in [6.45, 7) is 0.357. The molecular weight excluding hydrogens is 484 g/mol. The highest BCUT2D eigenvalue weighted by atomic mass is 35.5. The molecule has 3 N–H and O–H groups in total. The number of halogens is 1. The zero-order valence-corrected chi connectivity index (χ0v) is 18.5.